The maximum absolute atomic E-state index is 12.3. The maximum atomic E-state index is 12.3. The number of rotatable bonds is 6. The molecule has 0 spiro atoms. The molecular formula is C21H34N4O2Si. The lowest BCUT2D eigenvalue weighted by Crippen LogP contribution is -2.56. The molecule has 0 atom stereocenters. The fraction of sp³-hybridized carbons (Fsp3) is 0.667. The summed E-state index contributed by atoms with van der Waals surface area (Å²) in [5.74, 6) is 1.59. The van der Waals surface area contributed by atoms with Crippen molar-refractivity contribution in [2.24, 2.45) is 0 Å². The minimum atomic E-state index is -1.88. The van der Waals surface area contributed by atoms with Crippen LogP contribution in [-0.2, 0) is 19.5 Å². The predicted octanol–water partition coefficient (Wildman–Crippen LogP) is 3.51. The molecule has 3 rings (SSSR count). The highest BCUT2D eigenvalue weighted by Crippen LogP contribution is 2.40. The minimum absolute atomic E-state index is 0.0173. The van der Waals surface area contributed by atoms with Crippen LogP contribution in [0, 0.1) is 6.92 Å². The van der Waals surface area contributed by atoms with Crippen molar-refractivity contribution in [1.29, 1.82) is 0 Å². The van der Waals surface area contributed by atoms with Crippen molar-refractivity contribution in [3.05, 3.63) is 39.4 Å². The molecular weight excluding hydrogens is 368 g/mol. The van der Waals surface area contributed by atoms with E-state index in [0.717, 1.165) is 35.5 Å². The number of nitrogens with zero attached hydrogens (tertiary/aromatic N) is 3. The van der Waals surface area contributed by atoms with Gasteiger partial charge in [-0.15, -0.1) is 0 Å². The lowest BCUT2D eigenvalue weighted by Gasteiger charge is -2.39. The van der Waals surface area contributed by atoms with Crippen molar-refractivity contribution in [2.75, 3.05) is 6.54 Å². The number of hydrogen-bond donors (Lipinski definition) is 1. The number of nitrogens with one attached hydrogen (secondary N) is 1. The van der Waals surface area contributed by atoms with Crippen LogP contribution in [-0.4, -0.2) is 34.5 Å². The normalized spacial score (nSPS) is 15.6. The van der Waals surface area contributed by atoms with E-state index in [1.165, 1.54) is 0 Å². The molecule has 0 aliphatic carbocycles. The summed E-state index contributed by atoms with van der Waals surface area (Å²) < 4.78 is 6.38. The van der Waals surface area contributed by atoms with Gasteiger partial charge in [-0.2, -0.15) is 0 Å². The van der Waals surface area contributed by atoms with Crippen LogP contribution in [0.5, 0.6) is 0 Å². The number of H-pyrrole nitrogens is 1. The lowest BCUT2D eigenvalue weighted by atomic mass is 10.1. The van der Waals surface area contributed by atoms with Gasteiger partial charge in [0.1, 0.15) is 11.6 Å². The van der Waals surface area contributed by atoms with Crippen molar-refractivity contribution in [3.8, 4) is 0 Å². The summed E-state index contributed by atoms with van der Waals surface area (Å²) in [5.41, 5.74) is 4.37. The van der Waals surface area contributed by atoms with Gasteiger partial charge in [0.2, 0.25) is 0 Å². The summed E-state index contributed by atoms with van der Waals surface area (Å²) in [7, 11) is -1.88. The van der Waals surface area contributed by atoms with Crippen molar-refractivity contribution >= 4 is 13.6 Å². The third-order valence-corrected chi connectivity index (χ3v) is 13.1. The minimum Gasteiger partial charge on any atom is -0.449 e. The zero-order chi connectivity index (χ0) is 20.6. The molecule has 7 heteroatoms. The van der Waals surface area contributed by atoms with E-state index in [4.69, 9.17) is 9.40 Å². The van der Waals surface area contributed by atoms with Crippen molar-refractivity contribution in [1.82, 2.24) is 19.9 Å². The molecule has 2 aromatic heterocycles. The van der Waals surface area contributed by atoms with Gasteiger partial charge in [-0.25, -0.2) is 9.97 Å². The molecule has 3 heterocycles. The van der Waals surface area contributed by atoms with E-state index < -0.39 is 8.07 Å². The number of aryl methyl sites for hydroxylation is 1. The molecule has 1 aliphatic rings. The van der Waals surface area contributed by atoms with Gasteiger partial charge >= 0.3 is 0 Å². The monoisotopic (exact) mass is 402 g/mol. The quantitative estimate of drug-likeness (QED) is 0.749. The fourth-order valence-electron chi connectivity index (χ4n) is 5.28. The molecule has 28 heavy (non-hydrogen) atoms. The van der Waals surface area contributed by atoms with Gasteiger partial charge in [0.15, 0.2) is 13.6 Å². The summed E-state index contributed by atoms with van der Waals surface area (Å²) in [6.07, 6.45) is 2.70. The average molecular weight is 403 g/mol. The molecule has 6 nitrogen and oxygen atoms in total. The Morgan fingerprint density at radius 2 is 1.82 bits per heavy atom. The Morgan fingerprint density at radius 3 is 2.43 bits per heavy atom. The first-order valence-electron chi connectivity index (χ1n) is 10.4. The zero-order valence-electron chi connectivity index (χ0n) is 18.3. The molecule has 0 bridgehead atoms. The molecule has 0 radical (unpaired) electrons. The van der Waals surface area contributed by atoms with E-state index in [2.05, 4.69) is 56.4 Å². The Morgan fingerprint density at radius 1 is 1.18 bits per heavy atom. The van der Waals surface area contributed by atoms with Gasteiger partial charge in [0, 0.05) is 19.5 Å². The third-order valence-electron chi connectivity index (χ3n) is 6.44. The highest BCUT2D eigenvalue weighted by Gasteiger charge is 2.49. The second kappa shape index (κ2) is 7.95. The van der Waals surface area contributed by atoms with Gasteiger partial charge < -0.3 is 9.40 Å². The van der Waals surface area contributed by atoms with Crippen LogP contribution in [0.25, 0.3) is 0 Å². The second-order valence-electron chi connectivity index (χ2n) is 9.07. The van der Waals surface area contributed by atoms with Crippen LogP contribution < -0.4 is 11.1 Å². The van der Waals surface area contributed by atoms with E-state index in [1.807, 2.05) is 13.1 Å². The first-order valence-corrected chi connectivity index (χ1v) is 12.7. The number of oxazole rings is 1. The zero-order valence-corrected chi connectivity index (χ0v) is 19.3. The largest absolute Gasteiger partial charge is 0.449 e. The number of aromatic nitrogens is 3. The molecule has 1 N–H and O–H groups in total. The summed E-state index contributed by atoms with van der Waals surface area (Å²) in [6.45, 7) is 17.9. The first-order chi connectivity index (χ1) is 13.2. The Bertz CT molecular complexity index is 863. The highest BCUT2D eigenvalue weighted by atomic mass is 28.3. The molecule has 0 saturated carbocycles. The molecule has 1 aliphatic heterocycles. The molecule has 0 aromatic carbocycles. The molecule has 0 unspecified atom stereocenters. The number of aromatic amines is 1. The summed E-state index contributed by atoms with van der Waals surface area (Å²) in [4.78, 5) is 26.6. The smallest absolute Gasteiger partial charge is 0.255 e. The van der Waals surface area contributed by atoms with Crippen LogP contribution in [0.3, 0.4) is 0 Å². The SMILES string of the molecule is Cc1nc2c(c(=O)[nH]1)CN(Cc1cnc([Si](C(C)C)(C(C)C)C(C)C)o1)CC2. The van der Waals surface area contributed by atoms with Crippen LogP contribution in [0.15, 0.2) is 15.4 Å². The van der Waals surface area contributed by atoms with E-state index in [9.17, 15) is 4.79 Å². The van der Waals surface area contributed by atoms with E-state index in [0.29, 0.717) is 35.5 Å². The standard InChI is InChI=1S/C21H34N4O2Si/c1-13(2)28(14(3)4,15(5)6)21-22-10-17(27-21)11-25-9-8-19-18(12-25)20(26)24-16(7)23-19/h10,13-15H,8-9,11-12H2,1-7H3,(H,23,24,26). The van der Waals surface area contributed by atoms with Gasteiger partial charge in [-0.1, -0.05) is 41.5 Å². The van der Waals surface area contributed by atoms with Crippen LogP contribution >= 0.6 is 0 Å². The molecule has 0 saturated heterocycles. The van der Waals surface area contributed by atoms with Crippen LogP contribution in [0.2, 0.25) is 16.6 Å². The second-order valence-corrected chi connectivity index (χ2v) is 14.8. The Hall–Kier alpha value is -1.73. The number of hydrogen-bond acceptors (Lipinski definition) is 5. The van der Waals surface area contributed by atoms with E-state index >= 15 is 0 Å². The fourth-order valence-corrected chi connectivity index (χ4v) is 11.4. The topological polar surface area (TPSA) is 75.0 Å². The van der Waals surface area contributed by atoms with E-state index in [-0.39, 0.29) is 5.56 Å². The van der Waals surface area contributed by atoms with Gasteiger partial charge in [-0.3, -0.25) is 9.69 Å². The Balaban J connectivity index is 1.82. The first kappa shape index (κ1) is 21.0. The predicted molar refractivity (Wildman–Crippen MR) is 115 cm³/mol. The van der Waals surface area contributed by atoms with Crippen molar-refractivity contribution < 1.29 is 4.42 Å². The van der Waals surface area contributed by atoms with E-state index in [1.54, 1.807) is 0 Å². The van der Waals surface area contributed by atoms with Gasteiger partial charge in [-0.05, 0) is 23.5 Å². The Labute approximate surface area is 168 Å². The highest BCUT2D eigenvalue weighted by molar-refractivity contribution is 6.93. The van der Waals surface area contributed by atoms with Crippen molar-refractivity contribution in [2.45, 2.75) is 84.6 Å². The summed E-state index contributed by atoms with van der Waals surface area (Å²) in [5, 5.41) is 0. The third kappa shape index (κ3) is 3.62. The van der Waals surface area contributed by atoms with Crippen LogP contribution in [0.1, 0.15) is 64.4 Å². The molecule has 0 fully saturated rings. The Kier molecular flexibility index (Phi) is 5.96. The van der Waals surface area contributed by atoms with Crippen LogP contribution in [0.4, 0.5) is 0 Å². The molecule has 0 amide bonds. The van der Waals surface area contributed by atoms with Gasteiger partial charge in [0.05, 0.1) is 24.0 Å². The summed E-state index contributed by atoms with van der Waals surface area (Å²) in [6, 6.07) is 0. The van der Waals surface area contributed by atoms with Gasteiger partial charge in [0.25, 0.3) is 5.56 Å². The average Bonchev–Trinajstić information content (AvgIpc) is 3.03. The molecule has 154 valence electrons. The summed E-state index contributed by atoms with van der Waals surface area (Å²) >= 11 is 0. The molecule has 2 aromatic rings. The number of fused-ring (bicyclic) bond motifs is 1. The van der Waals surface area contributed by atoms with Crippen molar-refractivity contribution in [3.63, 3.8) is 0 Å². The maximum Gasteiger partial charge on any atom is 0.255 e. The lowest BCUT2D eigenvalue weighted by molar-refractivity contribution is 0.223.